The Bertz CT molecular complexity index is 758. The van der Waals surface area contributed by atoms with Gasteiger partial charge in [0.05, 0.1) is 6.33 Å². The number of fused-ring (bicyclic) bond motifs is 1. The molecular formula is C14H14ClN5S. The monoisotopic (exact) mass is 319 g/mol. The molecule has 0 saturated heterocycles. The number of nitrogens with zero attached hydrogens (tertiary/aromatic N) is 3. The normalized spacial score (nSPS) is 11.1. The fourth-order valence-electron chi connectivity index (χ4n) is 1.98. The van der Waals surface area contributed by atoms with Gasteiger partial charge >= 0.3 is 0 Å². The van der Waals surface area contributed by atoms with Gasteiger partial charge in [-0.15, -0.1) is 0 Å². The van der Waals surface area contributed by atoms with Gasteiger partial charge in [0.1, 0.15) is 16.9 Å². The third-order valence-electron chi connectivity index (χ3n) is 3.02. The van der Waals surface area contributed by atoms with Gasteiger partial charge in [-0.2, -0.15) is 0 Å². The van der Waals surface area contributed by atoms with E-state index in [-0.39, 0.29) is 0 Å². The lowest BCUT2D eigenvalue weighted by Crippen LogP contribution is -2.12. The molecule has 0 aliphatic carbocycles. The van der Waals surface area contributed by atoms with Gasteiger partial charge in [0.15, 0.2) is 5.65 Å². The molecule has 0 bridgehead atoms. The van der Waals surface area contributed by atoms with E-state index >= 15 is 0 Å². The van der Waals surface area contributed by atoms with E-state index in [1.807, 2.05) is 18.2 Å². The largest absolute Gasteiger partial charge is 0.341 e. The fraction of sp³-hybridized carbons (Fsp3) is 0.214. The van der Waals surface area contributed by atoms with Crippen LogP contribution in [0.4, 0.5) is 0 Å². The van der Waals surface area contributed by atoms with Gasteiger partial charge in [0.2, 0.25) is 0 Å². The van der Waals surface area contributed by atoms with Crippen LogP contribution in [0.15, 0.2) is 40.8 Å². The van der Waals surface area contributed by atoms with E-state index in [0.717, 1.165) is 39.1 Å². The van der Waals surface area contributed by atoms with Crippen molar-refractivity contribution in [1.82, 2.24) is 25.3 Å². The van der Waals surface area contributed by atoms with Crippen LogP contribution in [0.1, 0.15) is 12.5 Å². The maximum atomic E-state index is 6.32. The van der Waals surface area contributed by atoms with Gasteiger partial charge in [-0.05, 0) is 24.2 Å². The van der Waals surface area contributed by atoms with E-state index < -0.39 is 0 Å². The number of imidazole rings is 1. The predicted octanol–water partition coefficient (Wildman–Crippen LogP) is 3.27. The number of aromatic amines is 1. The third kappa shape index (κ3) is 3.02. The third-order valence-corrected chi connectivity index (χ3v) is 4.48. The quantitative estimate of drug-likeness (QED) is 0.707. The molecule has 0 fully saturated rings. The Morgan fingerprint density at radius 2 is 2.19 bits per heavy atom. The smallest absolute Gasteiger partial charge is 0.181 e. The van der Waals surface area contributed by atoms with Crippen LogP contribution < -0.4 is 5.32 Å². The Kier molecular flexibility index (Phi) is 4.38. The summed E-state index contributed by atoms with van der Waals surface area (Å²) in [5, 5.41) is 4.92. The zero-order valence-electron chi connectivity index (χ0n) is 11.4. The highest BCUT2D eigenvalue weighted by Gasteiger charge is 2.12. The summed E-state index contributed by atoms with van der Waals surface area (Å²) in [6.45, 7) is 3.70. The van der Waals surface area contributed by atoms with Gasteiger partial charge in [0, 0.05) is 16.5 Å². The van der Waals surface area contributed by atoms with Crippen LogP contribution in [0.5, 0.6) is 0 Å². The SMILES string of the molecule is CCNCc1c(Cl)cccc1Sc1ncnc2nc[nH]c12. The van der Waals surface area contributed by atoms with Crippen molar-refractivity contribution in [2.75, 3.05) is 6.54 Å². The molecule has 2 N–H and O–H groups in total. The molecule has 0 radical (unpaired) electrons. The van der Waals surface area contributed by atoms with Crippen molar-refractivity contribution in [1.29, 1.82) is 0 Å². The minimum absolute atomic E-state index is 0.669. The van der Waals surface area contributed by atoms with Crippen LogP contribution in [0.2, 0.25) is 5.02 Å². The molecule has 5 nitrogen and oxygen atoms in total. The van der Waals surface area contributed by atoms with Crippen LogP contribution in [-0.2, 0) is 6.54 Å². The molecule has 0 atom stereocenters. The van der Waals surface area contributed by atoms with Crippen LogP contribution in [0, 0.1) is 0 Å². The molecule has 0 unspecified atom stereocenters. The first-order chi connectivity index (χ1) is 10.3. The van der Waals surface area contributed by atoms with E-state index in [0.29, 0.717) is 5.65 Å². The number of nitrogens with one attached hydrogen (secondary N) is 2. The number of hydrogen-bond acceptors (Lipinski definition) is 5. The van der Waals surface area contributed by atoms with E-state index in [2.05, 4.69) is 32.2 Å². The number of benzene rings is 1. The zero-order chi connectivity index (χ0) is 14.7. The standard InChI is InChI=1S/C14H14ClN5S/c1-2-16-6-9-10(15)4-3-5-11(9)21-14-12-13(18-7-17-12)19-8-20-14/h3-5,7-8,16H,2,6H2,1H3,(H,17,18,19,20). The molecule has 0 saturated carbocycles. The predicted molar refractivity (Wildman–Crippen MR) is 84.6 cm³/mol. The molecule has 108 valence electrons. The second kappa shape index (κ2) is 6.43. The van der Waals surface area contributed by atoms with Crippen molar-refractivity contribution in [3.63, 3.8) is 0 Å². The number of rotatable bonds is 5. The highest BCUT2D eigenvalue weighted by atomic mass is 35.5. The Morgan fingerprint density at radius 1 is 1.29 bits per heavy atom. The molecule has 0 aliphatic rings. The van der Waals surface area contributed by atoms with E-state index in [9.17, 15) is 0 Å². The summed E-state index contributed by atoms with van der Waals surface area (Å²) >= 11 is 7.89. The molecule has 0 spiro atoms. The minimum atomic E-state index is 0.669. The average molecular weight is 320 g/mol. The fourth-order valence-corrected chi connectivity index (χ4v) is 3.29. The molecule has 21 heavy (non-hydrogen) atoms. The van der Waals surface area contributed by atoms with Gasteiger partial charge in [0.25, 0.3) is 0 Å². The highest BCUT2D eigenvalue weighted by molar-refractivity contribution is 7.99. The van der Waals surface area contributed by atoms with E-state index in [1.54, 1.807) is 18.1 Å². The summed E-state index contributed by atoms with van der Waals surface area (Å²) in [4.78, 5) is 16.8. The Morgan fingerprint density at radius 3 is 3.05 bits per heavy atom. The molecule has 3 rings (SSSR count). The van der Waals surface area contributed by atoms with Crippen molar-refractivity contribution in [2.45, 2.75) is 23.4 Å². The average Bonchev–Trinajstić information content (AvgIpc) is 2.96. The van der Waals surface area contributed by atoms with Crippen molar-refractivity contribution in [2.24, 2.45) is 0 Å². The number of hydrogen-bond donors (Lipinski definition) is 2. The molecule has 7 heteroatoms. The first kappa shape index (κ1) is 14.3. The summed E-state index contributed by atoms with van der Waals surface area (Å²) in [6, 6.07) is 5.91. The van der Waals surface area contributed by atoms with Crippen molar-refractivity contribution >= 4 is 34.5 Å². The number of aromatic nitrogens is 4. The summed E-state index contributed by atoms with van der Waals surface area (Å²) in [5.41, 5.74) is 2.59. The molecule has 2 heterocycles. The molecule has 0 amide bonds. The molecule has 2 aromatic heterocycles. The highest BCUT2D eigenvalue weighted by Crippen LogP contribution is 2.34. The summed E-state index contributed by atoms with van der Waals surface area (Å²) in [6.07, 6.45) is 3.15. The maximum absolute atomic E-state index is 6.32. The minimum Gasteiger partial charge on any atom is -0.341 e. The number of halogens is 1. The maximum Gasteiger partial charge on any atom is 0.181 e. The lowest BCUT2D eigenvalue weighted by molar-refractivity contribution is 0.718. The van der Waals surface area contributed by atoms with Crippen LogP contribution in [0.3, 0.4) is 0 Å². The van der Waals surface area contributed by atoms with E-state index in [4.69, 9.17) is 11.6 Å². The van der Waals surface area contributed by atoms with Crippen LogP contribution >= 0.6 is 23.4 Å². The lowest BCUT2D eigenvalue weighted by Gasteiger charge is -2.11. The van der Waals surface area contributed by atoms with Crippen LogP contribution in [0.25, 0.3) is 11.2 Å². The Hall–Kier alpha value is -1.63. The molecule has 0 aliphatic heterocycles. The summed E-state index contributed by atoms with van der Waals surface area (Å²) in [7, 11) is 0. The second-order valence-corrected chi connectivity index (χ2v) is 5.82. The van der Waals surface area contributed by atoms with Gasteiger partial charge < -0.3 is 10.3 Å². The van der Waals surface area contributed by atoms with Crippen molar-refractivity contribution in [3.05, 3.63) is 41.4 Å². The lowest BCUT2D eigenvalue weighted by atomic mass is 10.2. The molecule has 3 aromatic rings. The van der Waals surface area contributed by atoms with Crippen LogP contribution in [-0.4, -0.2) is 26.5 Å². The Balaban J connectivity index is 1.97. The van der Waals surface area contributed by atoms with Crippen molar-refractivity contribution in [3.8, 4) is 0 Å². The second-order valence-electron chi connectivity index (χ2n) is 4.38. The van der Waals surface area contributed by atoms with Crippen molar-refractivity contribution < 1.29 is 0 Å². The van der Waals surface area contributed by atoms with E-state index in [1.165, 1.54) is 6.33 Å². The number of H-pyrrole nitrogens is 1. The molecular weight excluding hydrogens is 306 g/mol. The molecule has 1 aromatic carbocycles. The summed E-state index contributed by atoms with van der Waals surface area (Å²) < 4.78 is 0. The van der Waals surface area contributed by atoms with Gasteiger partial charge in [-0.1, -0.05) is 36.4 Å². The van der Waals surface area contributed by atoms with Gasteiger partial charge in [-0.25, -0.2) is 15.0 Å². The zero-order valence-corrected chi connectivity index (χ0v) is 13.0. The first-order valence-electron chi connectivity index (χ1n) is 6.59. The summed E-state index contributed by atoms with van der Waals surface area (Å²) in [5.74, 6) is 0. The first-order valence-corrected chi connectivity index (χ1v) is 7.79. The Labute approximate surface area is 131 Å². The topological polar surface area (TPSA) is 66.5 Å². The van der Waals surface area contributed by atoms with Gasteiger partial charge in [-0.3, -0.25) is 0 Å².